The van der Waals surface area contributed by atoms with E-state index in [-0.39, 0.29) is 12.4 Å². The van der Waals surface area contributed by atoms with Crippen molar-refractivity contribution in [3.05, 3.63) is 71.2 Å². The minimum absolute atomic E-state index is 0.203. The van der Waals surface area contributed by atoms with Crippen molar-refractivity contribution in [1.82, 2.24) is 9.78 Å². The number of aliphatic hydroxyl groups is 1. The number of rotatable bonds is 3. The summed E-state index contributed by atoms with van der Waals surface area (Å²) in [6.45, 7) is 0.203. The summed E-state index contributed by atoms with van der Waals surface area (Å²) in [5.41, 5.74) is 3.35. The fourth-order valence-corrected chi connectivity index (χ4v) is 5.11. The van der Waals surface area contributed by atoms with Gasteiger partial charge in [-0.2, -0.15) is 18.3 Å². The van der Waals surface area contributed by atoms with Crippen LogP contribution in [0.1, 0.15) is 29.7 Å². The summed E-state index contributed by atoms with van der Waals surface area (Å²) in [6.07, 6.45) is -1.02. The second kappa shape index (κ2) is 7.48. The number of aliphatic hydroxyl groups excluding tert-OH is 1. The molecule has 3 aromatic rings. The topological polar surface area (TPSA) is 38.1 Å². The largest absolute Gasteiger partial charge is 0.416 e. The Hall–Kier alpha value is -2.67. The number of halogens is 4. The van der Waals surface area contributed by atoms with Gasteiger partial charge in [-0.1, -0.05) is 12.1 Å². The van der Waals surface area contributed by atoms with E-state index in [1.165, 1.54) is 24.3 Å². The van der Waals surface area contributed by atoms with Gasteiger partial charge in [-0.25, -0.2) is 9.07 Å². The zero-order valence-corrected chi connectivity index (χ0v) is 16.7. The zero-order chi connectivity index (χ0) is 21.8. The number of alkyl halides is 3. The molecule has 5 rings (SSSR count). The van der Waals surface area contributed by atoms with Gasteiger partial charge in [-0.15, -0.1) is 0 Å². The highest BCUT2D eigenvalue weighted by atomic mass is 19.4. The normalized spacial score (nSPS) is 22.9. The Bertz CT molecular complexity index is 1090. The summed E-state index contributed by atoms with van der Waals surface area (Å²) in [5, 5.41) is 14.4. The van der Waals surface area contributed by atoms with Gasteiger partial charge in [-0.3, -0.25) is 0 Å². The monoisotopic (exact) mass is 430 g/mol. The van der Waals surface area contributed by atoms with Gasteiger partial charge >= 0.3 is 6.18 Å². The average Bonchev–Trinajstić information content (AvgIpc) is 3.28. The van der Waals surface area contributed by atoms with E-state index in [1.807, 2.05) is 0 Å². The highest BCUT2D eigenvalue weighted by molar-refractivity contribution is 5.68. The van der Waals surface area contributed by atoms with Crippen molar-refractivity contribution in [1.29, 1.82) is 0 Å². The fourth-order valence-electron chi connectivity index (χ4n) is 5.11. The van der Waals surface area contributed by atoms with E-state index in [0.29, 0.717) is 29.0 Å². The molecule has 7 heteroatoms. The quantitative estimate of drug-likeness (QED) is 0.563. The predicted molar refractivity (Wildman–Crippen MR) is 108 cm³/mol. The number of hydrogen-bond acceptors (Lipinski definition) is 2. The highest BCUT2D eigenvalue weighted by Gasteiger charge is 2.49. The molecule has 31 heavy (non-hydrogen) atoms. The third-order valence-electron chi connectivity index (χ3n) is 6.79. The number of fused-ring (bicyclic) bond motifs is 2. The van der Waals surface area contributed by atoms with Crippen LogP contribution in [0.2, 0.25) is 0 Å². The fraction of sp³-hybridized carbons (Fsp3) is 0.375. The molecule has 1 heterocycles. The lowest BCUT2D eigenvalue weighted by atomic mass is 9.94. The van der Waals surface area contributed by atoms with E-state index in [1.54, 1.807) is 16.8 Å². The average molecular weight is 430 g/mol. The Morgan fingerprint density at radius 1 is 0.935 bits per heavy atom. The number of aromatic nitrogens is 2. The summed E-state index contributed by atoms with van der Waals surface area (Å²) in [5.74, 6) is 1.000. The molecule has 2 aliphatic carbocycles. The minimum Gasteiger partial charge on any atom is -0.396 e. The Kier molecular flexibility index (Phi) is 4.88. The number of aryl methyl sites for hydroxylation is 1. The number of benzene rings is 2. The molecule has 0 bridgehead atoms. The lowest BCUT2D eigenvalue weighted by Gasteiger charge is -2.13. The van der Waals surface area contributed by atoms with Crippen LogP contribution < -0.4 is 0 Å². The Labute approximate surface area is 177 Å². The first-order valence-corrected chi connectivity index (χ1v) is 10.5. The van der Waals surface area contributed by atoms with Gasteiger partial charge < -0.3 is 5.11 Å². The van der Waals surface area contributed by atoms with Gasteiger partial charge in [-0.05, 0) is 79.8 Å². The highest BCUT2D eigenvalue weighted by Crippen LogP contribution is 2.53. The molecule has 0 saturated heterocycles. The van der Waals surface area contributed by atoms with Crippen LogP contribution in [-0.2, 0) is 19.0 Å². The zero-order valence-electron chi connectivity index (χ0n) is 16.7. The van der Waals surface area contributed by atoms with Gasteiger partial charge in [0.2, 0.25) is 0 Å². The molecular formula is C24H22F4N2O. The van der Waals surface area contributed by atoms with Crippen molar-refractivity contribution < 1.29 is 22.7 Å². The van der Waals surface area contributed by atoms with Crippen LogP contribution in [0.25, 0.3) is 16.9 Å². The van der Waals surface area contributed by atoms with Crippen molar-refractivity contribution in [3.63, 3.8) is 0 Å². The van der Waals surface area contributed by atoms with E-state index in [9.17, 15) is 22.7 Å². The number of hydrogen-bond donors (Lipinski definition) is 1. The first-order chi connectivity index (χ1) is 14.9. The maximum Gasteiger partial charge on any atom is 0.416 e. The summed E-state index contributed by atoms with van der Waals surface area (Å²) in [6, 6.07) is 11.1. The van der Waals surface area contributed by atoms with Crippen molar-refractivity contribution >= 4 is 0 Å². The second-order valence-electron chi connectivity index (χ2n) is 8.49. The molecule has 3 atom stereocenters. The SMILES string of the molecule is OC[C@H]1[C@H]2CCc3nn(-c4ccc(F)cc4)c(-c4ccc(C(F)(F)F)cc4)c3CC[C@@H]12. The smallest absolute Gasteiger partial charge is 0.396 e. The molecule has 1 aromatic heterocycles. The minimum atomic E-state index is -4.40. The molecule has 162 valence electrons. The maximum absolute atomic E-state index is 13.5. The third-order valence-corrected chi connectivity index (χ3v) is 6.79. The van der Waals surface area contributed by atoms with E-state index < -0.39 is 11.7 Å². The lowest BCUT2D eigenvalue weighted by molar-refractivity contribution is -0.137. The van der Waals surface area contributed by atoms with Crippen molar-refractivity contribution in [3.8, 4) is 16.9 Å². The van der Waals surface area contributed by atoms with Crippen LogP contribution in [0.4, 0.5) is 17.6 Å². The molecule has 0 radical (unpaired) electrons. The van der Waals surface area contributed by atoms with Crippen molar-refractivity contribution in [2.24, 2.45) is 17.8 Å². The van der Waals surface area contributed by atoms with Crippen LogP contribution in [0.15, 0.2) is 48.5 Å². The molecule has 2 aliphatic rings. The lowest BCUT2D eigenvalue weighted by Crippen LogP contribution is -2.05. The first-order valence-electron chi connectivity index (χ1n) is 10.5. The number of nitrogens with zero attached hydrogens (tertiary/aromatic N) is 2. The van der Waals surface area contributed by atoms with Gasteiger partial charge in [0.1, 0.15) is 5.82 Å². The van der Waals surface area contributed by atoms with Gasteiger partial charge in [0.15, 0.2) is 0 Å². The molecule has 0 amide bonds. The molecule has 0 spiro atoms. The van der Waals surface area contributed by atoms with Crippen LogP contribution in [0.3, 0.4) is 0 Å². The molecule has 0 aliphatic heterocycles. The summed E-state index contributed by atoms with van der Waals surface area (Å²) >= 11 is 0. The van der Waals surface area contributed by atoms with Crippen molar-refractivity contribution in [2.75, 3.05) is 6.61 Å². The third kappa shape index (κ3) is 3.65. The standard InChI is InChI=1S/C24H22F4N2O/c25-16-5-7-17(8-6-16)30-23(14-1-3-15(4-2-14)24(26,27)28)20-10-9-18-19(21(18)13-31)11-12-22(20)29-30/h1-8,18-19,21,31H,9-13H2/t18-,19+,21-/m1/s1. The molecule has 0 unspecified atom stereocenters. The van der Waals surface area contributed by atoms with E-state index in [0.717, 1.165) is 54.8 Å². The molecular weight excluding hydrogens is 408 g/mol. The molecule has 2 aromatic carbocycles. The van der Waals surface area contributed by atoms with Crippen LogP contribution in [0, 0.1) is 23.6 Å². The van der Waals surface area contributed by atoms with Crippen LogP contribution in [-0.4, -0.2) is 21.5 Å². The molecule has 1 N–H and O–H groups in total. The Balaban J connectivity index is 1.60. The van der Waals surface area contributed by atoms with E-state index in [2.05, 4.69) is 0 Å². The van der Waals surface area contributed by atoms with Gasteiger partial charge in [0.25, 0.3) is 0 Å². The second-order valence-corrected chi connectivity index (χ2v) is 8.49. The Morgan fingerprint density at radius 3 is 2.19 bits per heavy atom. The summed E-state index contributed by atoms with van der Waals surface area (Å²) < 4.78 is 54.4. The van der Waals surface area contributed by atoms with Gasteiger partial charge in [0.05, 0.1) is 22.6 Å². The summed E-state index contributed by atoms with van der Waals surface area (Å²) in [4.78, 5) is 0. The molecule has 1 fully saturated rings. The van der Waals surface area contributed by atoms with Crippen LogP contribution in [0.5, 0.6) is 0 Å². The van der Waals surface area contributed by atoms with Crippen molar-refractivity contribution in [2.45, 2.75) is 31.9 Å². The van der Waals surface area contributed by atoms with Gasteiger partial charge in [0, 0.05) is 17.7 Å². The predicted octanol–water partition coefficient (Wildman–Crippen LogP) is 5.43. The van der Waals surface area contributed by atoms with E-state index >= 15 is 0 Å². The Morgan fingerprint density at radius 2 is 1.58 bits per heavy atom. The molecule has 3 nitrogen and oxygen atoms in total. The molecule has 1 saturated carbocycles. The van der Waals surface area contributed by atoms with E-state index in [4.69, 9.17) is 5.10 Å². The van der Waals surface area contributed by atoms with Crippen LogP contribution >= 0.6 is 0 Å². The summed E-state index contributed by atoms with van der Waals surface area (Å²) in [7, 11) is 0. The maximum atomic E-state index is 13.5. The first kappa shape index (κ1) is 20.2.